The van der Waals surface area contributed by atoms with Gasteiger partial charge in [-0.05, 0) is 36.8 Å². The number of fused-ring (bicyclic) bond motifs is 1. The Labute approximate surface area is 172 Å². The monoisotopic (exact) mass is 404 g/mol. The highest BCUT2D eigenvalue weighted by molar-refractivity contribution is 7.99. The van der Waals surface area contributed by atoms with Gasteiger partial charge in [-0.2, -0.15) is 5.10 Å². The van der Waals surface area contributed by atoms with E-state index in [0.717, 1.165) is 22.0 Å². The molecule has 1 amide bonds. The van der Waals surface area contributed by atoms with Crippen LogP contribution in [0.4, 0.5) is 0 Å². The number of carbonyl (C=O) groups excluding carboxylic acids is 1. The van der Waals surface area contributed by atoms with Gasteiger partial charge in [0.1, 0.15) is 11.5 Å². The molecular weight excluding hydrogens is 384 g/mol. The molecular formula is C22H20N4O2S. The maximum Gasteiger partial charge on any atom is 0.250 e. The molecule has 0 saturated carbocycles. The van der Waals surface area contributed by atoms with Crippen LogP contribution in [-0.4, -0.2) is 27.4 Å². The lowest BCUT2D eigenvalue weighted by Gasteiger charge is -2.09. The van der Waals surface area contributed by atoms with Crippen molar-refractivity contribution in [2.75, 3.05) is 5.75 Å². The maximum absolute atomic E-state index is 12.2. The van der Waals surface area contributed by atoms with Gasteiger partial charge < -0.3 is 8.98 Å². The SMILES string of the molecule is Cc1ccc(/C=N\NC(=O)CSc2nc3ccccc3n2Cc2ccccc2)o1. The standard InChI is InChI=1S/C22H20N4O2S/c1-16-11-12-18(28-16)13-23-25-21(27)15-29-22-24-19-9-5-6-10-20(19)26(22)14-17-7-3-2-4-8-17/h2-13H,14-15H2,1H3,(H,25,27)/b23-13-. The van der Waals surface area contributed by atoms with Gasteiger partial charge in [0.15, 0.2) is 5.16 Å². The van der Waals surface area contributed by atoms with Crippen LogP contribution in [0.2, 0.25) is 0 Å². The molecule has 0 bridgehead atoms. The largest absolute Gasteiger partial charge is 0.460 e. The molecule has 2 aromatic carbocycles. The summed E-state index contributed by atoms with van der Waals surface area (Å²) in [7, 11) is 0. The number of furan rings is 1. The minimum Gasteiger partial charge on any atom is -0.460 e. The van der Waals surface area contributed by atoms with E-state index in [1.807, 2.05) is 55.5 Å². The van der Waals surface area contributed by atoms with Crippen LogP contribution in [-0.2, 0) is 11.3 Å². The zero-order valence-electron chi connectivity index (χ0n) is 15.9. The molecule has 0 fully saturated rings. The number of hydrogen-bond donors (Lipinski definition) is 1. The molecule has 2 aromatic heterocycles. The second-order valence-corrected chi connectivity index (χ2v) is 7.43. The number of imidazole rings is 1. The van der Waals surface area contributed by atoms with E-state index in [9.17, 15) is 4.79 Å². The van der Waals surface area contributed by atoms with Crippen molar-refractivity contribution in [1.82, 2.24) is 15.0 Å². The Balaban J connectivity index is 1.45. The Morgan fingerprint density at radius 1 is 1.14 bits per heavy atom. The average molecular weight is 404 g/mol. The molecule has 0 aliphatic carbocycles. The summed E-state index contributed by atoms with van der Waals surface area (Å²) in [6, 6.07) is 21.8. The van der Waals surface area contributed by atoms with Crippen molar-refractivity contribution in [3.63, 3.8) is 0 Å². The van der Waals surface area contributed by atoms with Crippen molar-refractivity contribution in [3.05, 3.63) is 83.8 Å². The number of nitrogens with zero attached hydrogens (tertiary/aromatic N) is 3. The van der Waals surface area contributed by atoms with Crippen molar-refractivity contribution >= 4 is 34.9 Å². The van der Waals surface area contributed by atoms with E-state index >= 15 is 0 Å². The number of para-hydroxylation sites is 2. The number of hydrazone groups is 1. The van der Waals surface area contributed by atoms with Crippen LogP contribution in [0.1, 0.15) is 17.1 Å². The van der Waals surface area contributed by atoms with Crippen molar-refractivity contribution < 1.29 is 9.21 Å². The fourth-order valence-electron chi connectivity index (χ4n) is 2.94. The fourth-order valence-corrected chi connectivity index (χ4v) is 3.74. The molecule has 0 aliphatic heterocycles. The van der Waals surface area contributed by atoms with Gasteiger partial charge in [-0.3, -0.25) is 4.79 Å². The Morgan fingerprint density at radius 3 is 2.72 bits per heavy atom. The van der Waals surface area contributed by atoms with E-state index in [1.54, 1.807) is 6.07 Å². The van der Waals surface area contributed by atoms with E-state index in [1.165, 1.54) is 23.5 Å². The van der Waals surface area contributed by atoms with Gasteiger partial charge in [-0.25, -0.2) is 10.4 Å². The number of benzene rings is 2. The van der Waals surface area contributed by atoms with Crippen molar-refractivity contribution in [3.8, 4) is 0 Å². The highest BCUT2D eigenvalue weighted by atomic mass is 32.2. The number of nitrogens with one attached hydrogen (secondary N) is 1. The van der Waals surface area contributed by atoms with E-state index in [2.05, 4.69) is 27.2 Å². The molecule has 2 heterocycles. The number of amides is 1. The first-order chi connectivity index (χ1) is 14.2. The lowest BCUT2D eigenvalue weighted by molar-refractivity contribution is -0.118. The smallest absolute Gasteiger partial charge is 0.250 e. The van der Waals surface area contributed by atoms with Crippen LogP contribution < -0.4 is 5.43 Å². The molecule has 4 rings (SSSR count). The molecule has 7 heteroatoms. The molecule has 4 aromatic rings. The van der Waals surface area contributed by atoms with Crippen LogP contribution in [0, 0.1) is 6.92 Å². The summed E-state index contributed by atoms with van der Waals surface area (Å²) in [5.41, 5.74) is 5.67. The third-order valence-electron chi connectivity index (χ3n) is 4.28. The van der Waals surface area contributed by atoms with Gasteiger partial charge in [0, 0.05) is 0 Å². The van der Waals surface area contributed by atoms with Crippen LogP contribution in [0.5, 0.6) is 0 Å². The zero-order valence-corrected chi connectivity index (χ0v) is 16.7. The summed E-state index contributed by atoms with van der Waals surface area (Å²) in [6.07, 6.45) is 1.49. The van der Waals surface area contributed by atoms with Gasteiger partial charge in [-0.15, -0.1) is 0 Å². The van der Waals surface area contributed by atoms with Crippen molar-refractivity contribution in [2.45, 2.75) is 18.6 Å². The van der Waals surface area contributed by atoms with Gasteiger partial charge in [0.05, 0.1) is 29.5 Å². The second kappa shape index (κ2) is 8.79. The molecule has 6 nitrogen and oxygen atoms in total. The molecule has 0 saturated heterocycles. The quantitative estimate of drug-likeness (QED) is 0.284. The van der Waals surface area contributed by atoms with E-state index in [0.29, 0.717) is 12.3 Å². The Morgan fingerprint density at radius 2 is 1.93 bits per heavy atom. The van der Waals surface area contributed by atoms with Gasteiger partial charge >= 0.3 is 0 Å². The first kappa shape index (κ1) is 19.0. The number of thioether (sulfide) groups is 1. The molecule has 0 radical (unpaired) electrons. The number of hydrogen-bond acceptors (Lipinski definition) is 5. The highest BCUT2D eigenvalue weighted by Crippen LogP contribution is 2.25. The minimum atomic E-state index is -0.201. The summed E-state index contributed by atoms with van der Waals surface area (Å²) in [6.45, 7) is 2.55. The van der Waals surface area contributed by atoms with E-state index in [-0.39, 0.29) is 11.7 Å². The zero-order chi connectivity index (χ0) is 20.1. The molecule has 0 unspecified atom stereocenters. The number of aryl methyl sites for hydroxylation is 1. The molecule has 1 N–H and O–H groups in total. The summed E-state index contributed by atoms with van der Waals surface area (Å²) in [4.78, 5) is 16.9. The van der Waals surface area contributed by atoms with Gasteiger partial charge in [-0.1, -0.05) is 54.2 Å². The molecule has 0 spiro atoms. The Kier molecular flexibility index (Phi) is 5.76. The number of carbonyl (C=O) groups is 1. The predicted molar refractivity (Wildman–Crippen MR) is 115 cm³/mol. The second-order valence-electron chi connectivity index (χ2n) is 6.49. The third kappa shape index (κ3) is 4.75. The lowest BCUT2D eigenvalue weighted by atomic mass is 10.2. The molecule has 0 aliphatic rings. The van der Waals surface area contributed by atoms with Crippen LogP contribution in [0.3, 0.4) is 0 Å². The molecule has 29 heavy (non-hydrogen) atoms. The Hall–Kier alpha value is -3.32. The fraction of sp³-hybridized carbons (Fsp3) is 0.136. The number of aromatic nitrogens is 2. The van der Waals surface area contributed by atoms with Crippen molar-refractivity contribution in [2.24, 2.45) is 5.10 Å². The van der Waals surface area contributed by atoms with Gasteiger partial charge in [0.2, 0.25) is 0 Å². The lowest BCUT2D eigenvalue weighted by Crippen LogP contribution is -2.20. The summed E-state index contributed by atoms with van der Waals surface area (Å²) < 4.78 is 7.52. The van der Waals surface area contributed by atoms with E-state index in [4.69, 9.17) is 9.40 Å². The average Bonchev–Trinajstić information content (AvgIpc) is 3.31. The van der Waals surface area contributed by atoms with Crippen LogP contribution in [0.15, 0.2) is 81.4 Å². The summed E-state index contributed by atoms with van der Waals surface area (Å²) in [5.74, 6) is 1.41. The minimum absolute atomic E-state index is 0.201. The molecule has 0 atom stereocenters. The molecule has 146 valence electrons. The van der Waals surface area contributed by atoms with E-state index < -0.39 is 0 Å². The van der Waals surface area contributed by atoms with Crippen LogP contribution in [0.25, 0.3) is 11.0 Å². The first-order valence-electron chi connectivity index (χ1n) is 9.19. The topological polar surface area (TPSA) is 72.4 Å². The normalized spacial score (nSPS) is 11.3. The maximum atomic E-state index is 12.2. The third-order valence-corrected chi connectivity index (χ3v) is 5.25. The summed E-state index contributed by atoms with van der Waals surface area (Å²) in [5, 5.41) is 4.74. The van der Waals surface area contributed by atoms with Crippen LogP contribution >= 0.6 is 11.8 Å². The Bertz CT molecular complexity index is 1150. The number of rotatable bonds is 7. The van der Waals surface area contributed by atoms with Gasteiger partial charge in [0.25, 0.3) is 5.91 Å². The van der Waals surface area contributed by atoms with Crippen molar-refractivity contribution in [1.29, 1.82) is 0 Å². The predicted octanol–water partition coefficient (Wildman–Crippen LogP) is 4.23. The summed E-state index contributed by atoms with van der Waals surface area (Å²) >= 11 is 1.39. The first-order valence-corrected chi connectivity index (χ1v) is 10.2. The highest BCUT2D eigenvalue weighted by Gasteiger charge is 2.13.